The first-order chi connectivity index (χ1) is 7.90. The van der Waals surface area contributed by atoms with Gasteiger partial charge < -0.3 is 5.32 Å². The first kappa shape index (κ1) is 11.0. The normalized spacial score (nSPS) is 16.8. The smallest absolute Gasteiger partial charge is 0.0407 e. The zero-order valence-electron chi connectivity index (χ0n) is 9.26. The Morgan fingerprint density at radius 3 is 2.81 bits per heavy atom. The van der Waals surface area contributed by atoms with Gasteiger partial charge >= 0.3 is 0 Å². The summed E-state index contributed by atoms with van der Waals surface area (Å²) in [5.74, 6) is 0.719. The van der Waals surface area contributed by atoms with Crippen LogP contribution in [0.4, 0.5) is 5.69 Å². The molecule has 84 valence electrons. The second-order valence-electron chi connectivity index (χ2n) is 4.22. The highest BCUT2D eigenvalue weighted by molar-refractivity contribution is 5.45. The van der Waals surface area contributed by atoms with Crippen LogP contribution in [-0.4, -0.2) is 13.1 Å². The number of hydrogen-bond donors (Lipinski definition) is 1. The number of rotatable bonds is 3. The number of benzene rings is 1. The van der Waals surface area contributed by atoms with Crippen LogP contribution in [0.25, 0.3) is 10.4 Å². The molecule has 4 heteroatoms. The van der Waals surface area contributed by atoms with Gasteiger partial charge in [0.15, 0.2) is 0 Å². The molecule has 0 unspecified atom stereocenters. The fourth-order valence-electron chi connectivity index (χ4n) is 2.23. The van der Waals surface area contributed by atoms with E-state index in [1.165, 1.54) is 18.4 Å². The maximum absolute atomic E-state index is 8.50. The van der Waals surface area contributed by atoms with E-state index in [0.717, 1.165) is 31.1 Å². The van der Waals surface area contributed by atoms with Crippen LogP contribution in [0.1, 0.15) is 18.4 Å². The molecule has 1 aliphatic rings. The lowest BCUT2D eigenvalue weighted by molar-refractivity contribution is 0.373. The molecule has 1 aromatic carbocycles. The van der Waals surface area contributed by atoms with E-state index in [2.05, 4.69) is 21.4 Å². The van der Waals surface area contributed by atoms with E-state index in [1.807, 2.05) is 18.2 Å². The van der Waals surface area contributed by atoms with Crippen molar-refractivity contribution in [3.8, 4) is 0 Å². The summed E-state index contributed by atoms with van der Waals surface area (Å²) in [4.78, 5) is 2.87. The second kappa shape index (κ2) is 5.54. The Labute approximate surface area is 95.3 Å². The molecule has 1 saturated heterocycles. The molecule has 1 aliphatic heterocycles. The zero-order chi connectivity index (χ0) is 11.2. The molecular formula is C12H16N4. The van der Waals surface area contributed by atoms with Gasteiger partial charge in [-0.05, 0) is 49.4 Å². The third kappa shape index (κ3) is 2.75. The van der Waals surface area contributed by atoms with Crippen LogP contribution < -0.4 is 5.32 Å². The first-order valence-corrected chi connectivity index (χ1v) is 5.74. The Morgan fingerprint density at radius 2 is 2.06 bits per heavy atom. The lowest BCUT2D eigenvalue weighted by atomic mass is 9.90. The third-order valence-electron chi connectivity index (χ3n) is 3.11. The van der Waals surface area contributed by atoms with Crippen LogP contribution in [0, 0.1) is 5.92 Å². The predicted molar refractivity (Wildman–Crippen MR) is 64.5 cm³/mol. The molecule has 1 heterocycles. The van der Waals surface area contributed by atoms with Crippen LogP contribution in [0.5, 0.6) is 0 Å². The molecule has 0 aromatic heterocycles. The number of hydrogen-bond acceptors (Lipinski definition) is 2. The molecule has 1 aromatic rings. The molecule has 1 N–H and O–H groups in total. The summed E-state index contributed by atoms with van der Waals surface area (Å²) in [7, 11) is 0. The molecule has 0 spiro atoms. The van der Waals surface area contributed by atoms with Gasteiger partial charge in [-0.2, -0.15) is 0 Å². The van der Waals surface area contributed by atoms with Gasteiger partial charge in [0.05, 0.1) is 0 Å². The number of piperidine rings is 1. The topological polar surface area (TPSA) is 60.8 Å². The third-order valence-corrected chi connectivity index (χ3v) is 3.11. The minimum absolute atomic E-state index is 0.719. The standard InChI is InChI=1S/C12H16N4/c13-16-15-12-4-2-1-3-11(12)9-10-5-7-14-8-6-10/h1-4,10,14H,5-9H2. The minimum atomic E-state index is 0.719. The molecule has 0 aliphatic carbocycles. The van der Waals surface area contributed by atoms with Crippen LogP contribution in [0.15, 0.2) is 29.4 Å². The molecule has 0 bridgehead atoms. The molecule has 0 saturated carbocycles. The summed E-state index contributed by atoms with van der Waals surface area (Å²) in [6, 6.07) is 7.87. The summed E-state index contributed by atoms with van der Waals surface area (Å²) in [5, 5.41) is 7.10. The lowest BCUT2D eigenvalue weighted by Gasteiger charge is -2.23. The first-order valence-electron chi connectivity index (χ1n) is 5.74. The van der Waals surface area contributed by atoms with Crippen molar-refractivity contribution in [2.75, 3.05) is 13.1 Å². The fraction of sp³-hybridized carbons (Fsp3) is 0.500. The van der Waals surface area contributed by atoms with E-state index < -0.39 is 0 Å². The zero-order valence-corrected chi connectivity index (χ0v) is 9.26. The van der Waals surface area contributed by atoms with Crippen LogP contribution in [0.3, 0.4) is 0 Å². The quantitative estimate of drug-likeness (QED) is 0.471. The highest BCUT2D eigenvalue weighted by Gasteiger charge is 2.14. The van der Waals surface area contributed by atoms with Gasteiger partial charge in [-0.3, -0.25) is 0 Å². The summed E-state index contributed by atoms with van der Waals surface area (Å²) < 4.78 is 0. The molecule has 1 fully saturated rings. The lowest BCUT2D eigenvalue weighted by Crippen LogP contribution is -2.28. The van der Waals surface area contributed by atoms with Gasteiger partial charge in [0, 0.05) is 10.6 Å². The summed E-state index contributed by atoms with van der Waals surface area (Å²) in [6.45, 7) is 2.21. The molecule has 4 nitrogen and oxygen atoms in total. The molecule has 0 amide bonds. The van der Waals surface area contributed by atoms with Gasteiger partial charge in [0.2, 0.25) is 0 Å². The monoisotopic (exact) mass is 216 g/mol. The maximum Gasteiger partial charge on any atom is 0.0407 e. The summed E-state index contributed by atoms with van der Waals surface area (Å²) in [6.07, 6.45) is 3.45. The van der Waals surface area contributed by atoms with Crippen LogP contribution in [-0.2, 0) is 6.42 Å². The molecular weight excluding hydrogens is 200 g/mol. The Morgan fingerprint density at radius 1 is 1.31 bits per heavy atom. The Hall–Kier alpha value is -1.51. The molecule has 2 rings (SSSR count). The summed E-state index contributed by atoms with van der Waals surface area (Å²) >= 11 is 0. The second-order valence-corrected chi connectivity index (χ2v) is 4.22. The average Bonchev–Trinajstić information content (AvgIpc) is 2.33. The van der Waals surface area contributed by atoms with Gasteiger partial charge in [-0.1, -0.05) is 29.4 Å². The van der Waals surface area contributed by atoms with E-state index >= 15 is 0 Å². The van der Waals surface area contributed by atoms with Crippen molar-refractivity contribution in [1.82, 2.24) is 5.32 Å². The minimum Gasteiger partial charge on any atom is -0.317 e. The highest BCUT2D eigenvalue weighted by Crippen LogP contribution is 2.25. The van der Waals surface area contributed by atoms with Crippen LogP contribution in [0.2, 0.25) is 0 Å². The molecule has 16 heavy (non-hydrogen) atoms. The average molecular weight is 216 g/mol. The van der Waals surface area contributed by atoms with Gasteiger partial charge in [-0.25, -0.2) is 0 Å². The van der Waals surface area contributed by atoms with Gasteiger partial charge in [0.1, 0.15) is 0 Å². The van der Waals surface area contributed by atoms with E-state index in [1.54, 1.807) is 0 Å². The molecule has 0 radical (unpaired) electrons. The Balaban J connectivity index is 2.10. The number of nitrogens with zero attached hydrogens (tertiary/aromatic N) is 3. The van der Waals surface area contributed by atoms with Crippen molar-refractivity contribution in [2.45, 2.75) is 19.3 Å². The summed E-state index contributed by atoms with van der Waals surface area (Å²) in [5.41, 5.74) is 10.5. The van der Waals surface area contributed by atoms with Crippen molar-refractivity contribution < 1.29 is 0 Å². The SMILES string of the molecule is [N-]=[N+]=Nc1ccccc1CC1CCNCC1. The van der Waals surface area contributed by atoms with Crippen molar-refractivity contribution in [2.24, 2.45) is 11.0 Å². The Bertz CT molecular complexity index is 390. The largest absolute Gasteiger partial charge is 0.317 e. The van der Waals surface area contributed by atoms with E-state index in [9.17, 15) is 0 Å². The van der Waals surface area contributed by atoms with Crippen LogP contribution >= 0.6 is 0 Å². The number of azide groups is 1. The van der Waals surface area contributed by atoms with E-state index in [4.69, 9.17) is 5.53 Å². The fourth-order valence-corrected chi connectivity index (χ4v) is 2.23. The Kier molecular flexibility index (Phi) is 3.81. The van der Waals surface area contributed by atoms with Crippen molar-refractivity contribution >= 4 is 5.69 Å². The molecule has 0 atom stereocenters. The van der Waals surface area contributed by atoms with Crippen molar-refractivity contribution in [3.63, 3.8) is 0 Å². The van der Waals surface area contributed by atoms with Gasteiger partial charge in [0.25, 0.3) is 0 Å². The number of nitrogens with one attached hydrogen (secondary N) is 1. The predicted octanol–water partition coefficient (Wildman–Crippen LogP) is 3.17. The van der Waals surface area contributed by atoms with Crippen molar-refractivity contribution in [3.05, 3.63) is 40.3 Å². The highest BCUT2D eigenvalue weighted by atomic mass is 15.1. The van der Waals surface area contributed by atoms with E-state index in [-0.39, 0.29) is 0 Å². The van der Waals surface area contributed by atoms with Gasteiger partial charge in [-0.15, -0.1) is 0 Å². The van der Waals surface area contributed by atoms with E-state index in [0.29, 0.717) is 0 Å². The van der Waals surface area contributed by atoms with Crippen molar-refractivity contribution in [1.29, 1.82) is 0 Å². The maximum atomic E-state index is 8.50.